The zero-order valence-electron chi connectivity index (χ0n) is 78.3. The van der Waals surface area contributed by atoms with Crippen molar-refractivity contribution in [2.24, 2.45) is 34.8 Å². The van der Waals surface area contributed by atoms with E-state index >= 15 is 38.4 Å². The number of aliphatic hydroxyl groups is 1. The lowest BCUT2D eigenvalue weighted by atomic mass is 9.90. The zero-order chi connectivity index (χ0) is 100. The number of nitrogens with zero attached hydrogens (tertiary/aromatic N) is 6. The molecule has 4 aliphatic heterocycles. The number of fused-ring (bicyclic) bond motifs is 5. The summed E-state index contributed by atoms with van der Waals surface area (Å²) in [5, 5.41) is 66.7. The molecule has 16 amide bonds. The number of aromatic amines is 1. The molecule has 0 spiro atoms. The average Bonchev–Trinajstić information content (AvgIpc) is 1.65. The maximum Gasteiger partial charge on any atom is 0.323 e. The first kappa shape index (κ1) is 107. The lowest BCUT2D eigenvalue weighted by Crippen LogP contribution is -2.62. The van der Waals surface area contributed by atoms with Crippen LogP contribution in [0.15, 0.2) is 85.2 Å². The normalized spacial score (nSPS) is 25.1. The number of amides is 16. The van der Waals surface area contributed by atoms with Crippen LogP contribution in [0.2, 0.25) is 0 Å². The molecule has 6 heterocycles. The summed E-state index contributed by atoms with van der Waals surface area (Å²) < 4.78 is 1.43. The lowest BCUT2D eigenvalue weighted by Gasteiger charge is -2.38. The standard InChI is InChI=1S/C94H132N20O23/c1-7-9-23-71-87(130)105-65(39-52(3)4)85(128)103-62(83(126)100-48-78(98)119)22-17-28-79(120)101-66(40-53-29-31-57(115)32-30-53)92(135)112-37-16-15-26-72(112)88(131)107-68(45-77(97)118)93(136)113-38-18-27-73(113)89(132)108-69(46-96)86(129)104-64(33-34-80(121)122)91(134)114-50-58(116)44-75(114)76(117)43-54(41-55-47-99-61-21-13-11-19-59(55)61)82(125)102-63(35-36-95)84(127)106-67(90(133)110(6)74(24-10-8-2)94(137)109(71)5)42-56-49-111(51-81(123)124)70-25-14-12-20-60(56)70/h11-14,19-21,25,29-32,47,49,52,54,58,62-69,71-75,99,115-116H,7-10,15-18,22-24,26-28,33-46,48,50-51,95-96H2,1-6H3,(H2,97,118)(H2,98,119)(H,100,126)(H,101,120)(H,102,125)(H,103,128)(H,104,129)(H,105,130)(H,106,127)(H,107,131)(H,108,132)(H,121,122)(H,123,124)/t54-,58-,62+,63+,64+,65+,66+,67+,68+,69+,71+,72+,73+,74+,75+/m1/s1. The van der Waals surface area contributed by atoms with Crippen LogP contribution in [0.4, 0.5) is 0 Å². The van der Waals surface area contributed by atoms with Crippen LogP contribution >= 0.6 is 0 Å². The number of carbonyl (C=O) groups excluding carboxylic acids is 17. The van der Waals surface area contributed by atoms with Gasteiger partial charge in [0.1, 0.15) is 84.8 Å². The Bertz CT molecular complexity index is 5200. The number of aromatic hydroxyl groups is 1. The smallest absolute Gasteiger partial charge is 0.323 e. The minimum absolute atomic E-state index is 0.00258. The molecule has 746 valence electrons. The Morgan fingerprint density at radius 3 is 1.74 bits per heavy atom. The zero-order valence-corrected chi connectivity index (χ0v) is 78.3. The highest BCUT2D eigenvalue weighted by Gasteiger charge is 2.47. The molecule has 22 N–H and O–H groups in total. The topological polar surface area (TPSA) is 655 Å². The van der Waals surface area contributed by atoms with Gasteiger partial charge in [0.2, 0.25) is 94.5 Å². The van der Waals surface area contributed by atoms with Crippen molar-refractivity contribution in [1.82, 2.24) is 81.9 Å². The maximum atomic E-state index is 16.0. The fourth-order valence-corrected chi connectivity index (χ4v) is 18.3. The number of benzene rings is 3. The molecule has 2 aromatic heterocycles. The van der Waals surface area contributed by atoms with Crippen LogP contribution in [0.25, 0.3) is 21.8 Å². The second kappa shape index (κ2) is 50.9. The van der Waals surface area contributed by atoms with Crippen LogP contribution in [-0.2, 0) is 117 Å². The summed E-state index contributed by atoms with van der Waals surface area (Å²) in [5.41, 5.74) is 26.0. The van der Waals surface area contributed by atoms with E-state index in [9.17, 15) is 73.2 Å². The van der Waals surface area contributed by atoms with Gasteiger partial charge in [-0.2, -0.15) is 0 Å². The molecular weight excluding hydrogens is 1780 g/mol. The van der Waals surface area contributed by atoms with E-state index in [1.165, 1.54) is 54.0 Å². The van der Waals surface area contributed by atoms with Crippen molar-refractivity contribution in [2.75, 3.05) is 53.4 Å². The minimum Gasteiger partial charge on any atom is -0.508 e. The van der Waals surface area contributed by atoms with Gasteiger partial charge in [0.05, 0.1) is 25.1 Å². The molecular formula is C94H132N20O23. The Kier molecular flexibility index (Phi) is 39.9. The van der Waals surface area contributed by atoms with Gasteiger partial charge >= 0.3 is 11.9 Å². The molecule has 9 rings (SSSR count). The van der Waals surface area contributed by atoms with Crippen LogP contribution in [0.5, 0.6) is 5.75 Å². The number of aromatic nitrogens is 2. The van der Waals surface area contributed by atoms with Crippen molar-refractivity contribution < 1.29 is 112 Å². The third-order valence-corrected chi connectivity index (χ3v) is 25.5. The van der Waals surface area contributed by atoms with Crippen LogP contribution < -0.4 is 70.8 Å². The molecule has 43 heteroatoms. The van der Waals surface area contributed by atoms with E-state index in [1.54, 1.807) is 68.6 Å². The number of Topliss-reactive ketones (excluding diaryl/α,β-unsaturated/α-hetero) is 1. The largest absolute Gasteiger partial charge is 0.508 e. The number of aliphatic hydroxyl groups excluding tert-OH is 1. The fourth-order valence-electron chi connectivity index (χ4n) is 18.3. The number of likely N-dealkylation sites (N-methyl/N-ethyl adjacent to an activating group) is 2. The molecule has 137 heavy (non-hydrogen) atoms. The number of piperidine rings is 1. The summed E-state index contributed by atoms with van der Waals surface area (Å²) in [7, 11) is 2.69. The highest BCUT2D eigenvalue weighted by atomic mass is 16.4. The van der Waals surface area contributed by atoms with Crippen molar-refractivity contribution in [3.8, 4) is 5.75 Å². The number of phenolic OH excluding ortho intramolecular Hbond substituents is 1. The second-order valence-corrected chi connectivity index (χ2v) is 36.2. The Labute approximate surface area is 792 Å². The van der Waals surface area contributed by atoms with Crippen molar-refractivity contribution in [2.45, 2.75) is 273 Å². The van der Waals surface area contributed by atoms with Gasteiger partial charge in [-0.15, -0.1) is 0 Å². The molecule has 4 aliphatic rings. The van der Waals surface area contributed by atoms with E-state index in [2.05, 4.69) is 52.8 Å². The number of rotatable bonds is 27. The van der Waals surface area contributed by atoms with Gasteiger partial charge in [-0.1, -0.05) is 102 Å². The average molecular weight is 1910 g/mol. The molecule has 0 bridgehead atoms. The summed E-state index contributed by atoms with van der Waals surface area (Å²) in [6.45, 7) is 4.18. The van der Waals surface area contributed by atoms with Gasteiger partial charge in [0, 0.05) is 119 Å². The van der Waals surface area contributed by atoms with Crippen molar-refractivity contribution in [1.29, 1.82) is 0 Å². The molecule has 0 saturated carbocycles. The first-order valence-corrected chi connectivity index (χ1v) is 46.9. The minimum atomic E-state index is -1.82. The summed E-state index contributed by atoms with van der Waals surface area (Å²) in [6.07, 6.45) is -1.59. The van der Waals surface area contributed by atoms with E-state index in [-0.39, 0.29) is 108 Å². The quantitative estimate of drug-likeness (QED) is 0.0289. The number of ketones is 1. The SMILES string of the molecule is CCCC[C@H]1C(=O)N(C)[C@@H](CCCC)C(=O)N[C@@H](CC(C)C)C(=O)N[C@H](C(=O)NCC(N)=O)CCCC(=O)N[C@@H](Cc2ccc(O)cc2)C(=O)N2CCCC[C@H]2C(=O)N[C@@H](CC(N)=O)C(=O)N2CCC[C@H]2C(=O)N[C@@H](CN)C(=O)N[C@@H](CCC(=O)O)C(=O)N2C[C@H](O)C[C@H]2C(=O)C[C@@H](Cc2c[nH]c3ccccc23)C(=O)N[C@@H](CCN)C(=O)N[C@@H](Cc2cn(CC(=O)O)c3ccccc23)C(=O)N1C. The Hall–Kier alpha value is -13.5. The number of carboxylic acids is 2. The van der Waals surface area contributed by atoms with Crippen molar-refractivity contribution >= 4 is 134 Å². The molecule has 0 radical (unpaired) electrons. The number of H-pyrrole nitrogens is 1. The third-order valence-electron chi connectivity index (χ3n) is 25.5. The number of phenols is 1. The Morgan fingerprint density at radius 1 is 0.526 bits per heavy atom. The number of para-hydroxylation sites is 2. The predicted octanol–water partition coefficient (Wildman–Crippen LogP) is -1.36. The Morgan fingerprint density at radius 2 is 1.10 bits per heavy atom. The third kappa shape index (κ3) is 29.5. The van der Waals surface area contributed by atoms with E-state index in [1.807, 2.05) is 13.8 Å². The first-order chi connectivity index (χ1) is 65.2. The van der Waals surface area contributed by atoms with Gasteiger partial charge in [-0.05, 0) is 137 Å². The number of carboxylic acid groups (broad SMARTS) is 2. The number of hydrogen-bond donors (Lipinski definition) is 18. The Balaban J connectivity index is 1.11. The number of carbonyl (C=O) groups is 19. The summed E-state index contributed by atoms with van der Waals surface area (Å²) in [5.74, 6) is -20.4. The maximum absolute atomic E-state index is 16.0. The van der Waals surface area contributed by atoms with Crippen molar-refractivity contribution in [3.05, 3.63) is 102 Å². The molecule has 0 unspecified atom stereocenters. The number of nitrogens with one attached hydrogen (secondary N) is 10. The van der Waals surface area contributed by atoms with Crippen molar-refractivity contribution in [3.63, 3.8) is 0 Å². The van der Waals surface area contributed by atoms with Gasteiger partial charge in [-0.3, -0.25) is 91.1 Å². The van der Waals surface area contributed by atoms with Gasteiger partial charge in [-0.25, -0.2) is 0 Å². The summed E-state index contributed by atoms with van der Waals surface area (Å²) in [4.78, 5) is 285. The van der Waals surface area contributed by atoms with Crippen LogP contribution in [-0.4, -0.2) is 305 Å². The number of unbranched alkanes of at least 4 members (excludes halogenated alkanes) is 2. The highest BCUT2D eigenvalue weighted by molar-refractivity contribution is 6.03. The van der Waals surface area contributed by atoms with Crippen LogP contribution in [0, 0.1) is 11.8 Å². The molecule has 4 saturated heterocycles. The van der Waals surface area contributed by atoms with E-state index in [0.29, 0.717) is 77.0 Å². The molecule has 4 fully saturated rings. The van der Waals surface area contributed by atoms with Crippen LogP contribution in [0.3, 0.4) is 0 Å². The predicted molar refractivity (Wildman–Crippen MR) is 497 cm³/mol. The van der Waals surface area contributed by atoms with E-state index in [4.69, 9.17) is 22.9 Å². The highest BCUT2D eigenvalue weighted by Crippen LogP contribution is 2.31. The number of primary amides is 2. The monoisotopic (exact) mass is 1910 g/mol. The molecule has 0 aliphatic carbocycles. The second-order valence-electron chi connectivity index (χ2n) is 36.2. The molecule has 3 aromatic carbocycles. The number of hydrogen-bond acceptors (Lipinski definition) is 23. The summed E-state index contributed by atoms with van der Waals surface area (Å²) in [6, 6.07) is -0.934. The summed E-state index contributed by atoms with van der Waals surface area (Å²) >= 11 is 0. The molecule has 5 aromatic rings. The fraction of sp³-hybridized carbons (Fsp3) is 0.564. The van der Waals surface area contributed by atoms with Gasteiger partial charge in [0.15, 0.2) is 5.78 Å². The molecule has 43 nitrogen and oxygen atoms in total. The number of aliphatic carboxylic acids is 2. The number of nitrogens with two attached hydrogens (primary N) is 4. The van der Waals surface area contributed by atoms with E-state index < -0.39 is 268 Å². The van der Waals surface area contributed by atoms with Crippen LogP contribution in [0.1, 0.15) is 179 Å². The first-order valence-electron chi connectivity index (χ1n) is 46.9. The lowest BCUT2D eigenvalue weighted by molar-refractivity contribution is -0.149. The van der Waals surface area contributed by atoms with Gasteiger partial charge < -0.3 is 125 Å². The molecule has 15 atom stereocenters. The van der Waals surface area contributed by atoms with E-state index in [0.717, 1.165) is 19.6 Å². The van der Waals surface area contributed by atoms with Gasteiger partial charge in [0.25, 0.3) is 0 Å².